The number of halogens is 2. The van der Waals surface area contributed by atoms with Crippen LogP contribution in [0.5, 0.6) is 0 Å². The molecule has 0 saturated carbocycles. The average molecular weight is 367 g/mol. The Bertz CT molecular complexity index is 964. The summed E-state index contributed by atoms with van der Waals surface area (Å²) in [7, 11) is 0. The Hall–Kier alpha value is -3.15. The third kappa shape index (κ3) is 4.00. The molecule has 0 N–H and O–H groups in total. The molecule has 0 fully saturated rings. The monoisotopic (exact) mass is 367 g/mol. The van der Waals surface area contributed by atoms with Gasteiger partial charge in [-0.2, -0.15) is 0 Å². The second-order valence-corrected chi connectivity index (χ2v) is 6.02. The fourth-order valence-electron chi connectivity index (χ4n) is 2.95. The van der Waals surface area contributed by atoms with Gasteiger partial charge in [-0.25, -0.2) is 13.8 Å². The maximum Gasteiger partial charge on any atom is 0.201 e. The van der Waals surface area contributed by atoms with Crippen molar-refractivity contribution in [2.24, 2.45) is 9.98 Å². The van der Waals surface area contributed by atoms with Crippen LogP contribution in [0.3, 0.4) is 0 Å². The number of nitrogens with zero attached hydrogens (tertiary/aromatic N) is 3. The Morgan fingerprint density at radius 1 is 1.15 bits per heavy atom. The summed E-state index contributed by atoms with van der Waals surface area (Å²) < 4.78 is 26.6. The van der Waals surface area contributed by atoms with E-state index in [4.69, 9.17) is 0 Å². The van der Waals surface area contributed by atoms with Crippen LogP contribution in [0, 0.1) is 11.6 Å². The Morgan fingerprint density at radius 3 is 2.63 bits per heavy atom. The first-order chi connectivity index (χ1) is 13.0. The van der Waals surface area contributed by atoms with Crippen molar-refractivity contribution in [1.82, 2.24) is 0 Å². The molecular formula is C21H19F2N3O. The summed E-state index contributed by atoms with van der Waals surface area (Å²) in [6.07, 6.45) is 3.61. The van der Waals surface area contributed by atoms with Gasteiger partial charge in [0.2, 0.25) is 5.78 Å². The fraction of sp³-hybridized carbons (Fsp3) is 0.190. The van der Waals surface area contributed by atoms with Gasteiger partial charge in [-0.15, -0.1) is 0 Å². The van der Waals surface area contributed by atoms with Crippen LogP contribution in [0.4, 0.5) is 20.2 Å². The minimum Gasteiger partial charge on any atom is -0.357 e. The Kier molecular flexibility index (Phi) is 5.54. The van der Waals surface area contributed by atoms with Gasteiger partial charge in [-0.3, -0.25) is 9.79 Å². The quantitative estimate of drug-likeness (QED) is 0.749. The minimum atomic E-state index is -0.995. The second-order valence-electron chi connectivity index (χ2n) is 6.02. The van der Waals surface area contributed by atoms with E-state index in [-0.39, 0.29) is 23.7 Å². The van der Waals surface area contributed by atoms with Gasteiger partial charge in [0.1, 0.15) is 5.71 Å². The zero-order valence-corrected chi connectivity index (χ0v) is 15.1. The molecule has 0 saturated heterocycles. The van der Waals surface area contributed by atoms with Gasteiger partial charge in [0.05, 0.1) is 24.5 Å². The number of carbonyl (C=O) groups excluding carboxylic acids is 1. The van der Waals surface area contributed by atoms with Crippen molar-refractivity contribution in [3.8, 4) is 0 Å². The first-order valence-corrected chi connectivity index (χ1v) is 8.58. The number of hydrogen-bond donors (Lipinski definition) is 0. The molecule has 4 nitrogen and oxygen atoms in total. The van der Waals surface area contributed by atoms with Gasteiger partial charge in [-0.1, -0.05) is 24.3 Å². The molecule has 1 heterocycles. The lowest BCUT2D eigenvalue weighted by atomic mass is 9.98. The summed E-state index contributed by atoms with van der Waals surface area (Å²) in [4.78, 5) is 23.3. The van der Waals surface area contributed by atoms with Crippen molar-refractivity contribution in [1.29, 1.82) is 0 Å². The smallest absolute Gasteiger partial charge is 0.201 e. The summed E-state index contributed by atoms with van der Waals surface area (Å²) in [6, 6.07) is 10.7. The summed E-state index contributed by atoms with van der Waals surface area (Å²) >= 11 is 0. The standard InChI is InChI=1S/C21H19F2N3O/c1-3-14(24-4-2)12-26-13-20(27)21(16-7-5-6-8-19(16)26)25-15-9-10-17(22)18(23)11-15/h3-11H,12-13H2,1-2H3/b14-3-,24-4?,25-21?. The number of fused-ring (bicyclic) bond motifs is 1. The number of ketones is 1. The van der Waals surface area contributed by atoms with E-state index in [2.05, 4.69) is 9.98 Å². The number of para-hydroxylation sites is 1. The predicted molar refractivity (Wildman–Crippen MR) is 104 cm³/mol. The Balaban J connectivity index is 2.02. The Labute approximate surface area is 156 Å². The molecule has 1 aliphatic rings. The van der Waals surface area contributed by atoms with Gasteiger partial charge in [0.15, 0.2) is 11.6 Å². The number of rotatable bonds is 4. The topological polar surface area (TPSA) is 45.0 Å². The summed E-state index contributed by atoms with van der Waals surface area (Å²) in [5, 5.41) is 0. The number of anilines is 1. The van der Waals surface area contributed by atoms with Gasteiger partial charge >= 0.3 is 0 Å². The van der Waals surface area contributed by atoms with E-state index in [9.17, 15) is 13.6 Å². The molecule has 2 aromatic carbocycles. The molecule has 0 spiro atoms. The van der Waals surface area contributed by atoms with Crippen LogP contribution in [-0.4, -0.2) is 30.8 Å². The van der Waals surface area contributed by atoms with E-state index in [0.717, 1.165) is 23.5 Å². The predicted octanol–water partition coefficient (Wildman–Crippen LogP) is 4.47. The zero-order chi connectivity index (χ0) is 19.4. The van der Waals surface area contributed by atoms with E-state index >= 15 is 0 Å². The van der Waals surface area contributed by atoms with Crippen molar-refractivity contribution >= 4 is 29.1 Å². The molecule has 2 aromatic rings. The van der Waals surface area contributed by atoms with Crippen LogP contribution in [0.1, 0.15) is 19.4 Å². The van der Waals surface area contributed by atoms with Gasteiger partial charge in [-0.05, 0) is 32.0 Å². The molecule has 0 aromatic heterocycles. The summed E-state index contributed by atoms with van der Waals surface area (Å²) in [5.41, 5.74) is 2.80. The summed E-state index contributed by atoms with van der Waals surface area (Å²) in [5.74, 6) is -2.13. The molecule has 0 bridgehead atoms. The summed E-state index contributed by atoms with van der Waals surface area (Å²) in [6.45, 7) is 4.36. The normalized spacial score (nSPS) is 16.3. The second kappa shape index (κ2) is 8.03. The third-order valence-electron chi connectivity index (χ3n) is 4.22. The number of benzene rings is 2. The van der Waals surface area contributed by atoms with Gasteiger partial charge in [0, 0.05) is 23.5 Å². The first-order valence-electron chi connectivity index (χ1n) is 8.58. The molecule has 27 heavy (non-hydrogen) atoms. The molecule has 3 rings (SSSR count). The molecule has 0 unspecified atom stereocenters. The highest BCUT2D eigenvalue weighted by Gasteiger charge is 2.28. The number of allylic oxidation sites excluding steroid dienone is 1. The van der Waals surface area contributed by atoms with Crippen LogP contribution in [0.25, 0.3) is 0 Å². The molecule has 0 amide bonds. The van der Waals surface area contributed by atoms with Crippen molar-refractivity contribution in [2.75, 3.05) is 18.0 Å². The number of carbonyl (C=O) groups is 1. The first kappa shape index (κ1) is 18.6. The average Bonchev–Trinajstić information content (AvgIpc) is 2.67. The van der Waals surface area contributed by atoms with Crippen molar-refractivity contribution in [3.63, 3.8) is 0 Å². The lowest BCUT2D eigenvalue weighted by molar-refractivity contribution is -0.111. The van der Waals surface area contributed by atoms with Gasteiger partial charge < -0.3 is 4.90 Å². The largest absolute Gasteiger partial charge is 0.357 e. The number of Topliss-reactive ketones (excluding diaryl/α,β-unsaturated/α-hetero) is 1. The van der Waals surface area contributed by atoms with Crippen LogP contribution < -0.4 is 4.90 Å². The Morgan fingerprint density at radius 2 is 1.93 bits per heavy atom. The molecule has 6 heteroatoms. The van der Waals surface area contributed by atoms with Crippen LogP contribution in [0.15, 0.2) is 64.2 Å². The van der Waals surface area contributed by atoms with E-state index in [1.54, 1.807) is 12.3 Å². The van der Waals surface area contributed by atoms with E-state index < -0.39 is 11.6 Å². The van der Waals surface area contributed by atoms with E-state index in [1.807, 2.05) is 43.0 Å². The molecule has 1 aliphatic heterocycles. The lowest BCUT2D eigenvalue weighted by Gasteiger charge is -2.31. The number of aliphatic imine (C=N–C) groups is 2. The highest BCUT2D eigenvalue weighted by Crippen LogP contribution is 2.29. The third-order valence-corrected chi connectivity index (χ3v) is 4.22. The maximum atomic E-state index is 13.5. The van der Waals surface area contributed by atoms with Crippen molar-refractivity contribution in [3.05, 3.63) is 71.4 Å². The molecule has 0 atom stereocenters. The van der Waals surface area contributed by atoms with E-state index in [0.29, 0.717) is 12.1 Å². The molecule has 0 radical (unpaired) electrons. The van der Waals surface area contributed by atoms with Crippen LogP contribution in [-0.2, 0) is 4.79 Å². The van der Waals surface area contributed by atoms with Crippen LogP contribution >= 0.6 is 0 Å². The number of hydrogen-bond acceptors (Lipinski definition) is 4. The fourth-order valence-corrected chi connectivity index (χ4v) is 2.95. The maximum absolute atomic E-state index is 13.5. The van der Waals surface area contributed by atoms with Crippen LogP contribution in [0.2, 0.25) is 0 Å². The van der Waals surface area contributed by atoms with Crippen molar-refractivity contribution < 1.29 is 13.6 Å². The highest BCUT2D eigenvalue weighted by atomic mass is 19.2. The van der Waals surface area contributed by atoms with Crippen molar-refractivity contribution in [2.45, 2.75) is 13.8 Å². The van der Waals surface area contributed by atoms with E-state index in [1.165, 1.54) is 6.07 Å². The molecular weight excluding hydrogens is 348 g/mol. The molecule has 0 aliphatic carbocycles. The lowest BCUT2D eigenvalue weighted by Crippen LogP contribution is -2.40. The zero-order valence-electron chi connectivity index (χ0n) is 15.1. The van der Waals surface area contributed by atoms with Gasteiger partial charge in [0.25, 0.3) is 0 Å². The minimum absolute atomic E-state index is 0.135. The molecule has 138 valence electrons. The highest BCUT2D eigenvalue weighted by molar-refractivity contribution is 6.50. The SMILES string of the molecule is CC=N/C(=C\C)CN1CC(=O)C(=Nc2ccc(F)c(F)c2)c2ccccc21.